The molecule has 1 amide bonds. The molecule has 6 nitrogen and oxygen atoms in total. The van der Waals surface area contributed by atoms with Gasteiger partial charge in [0.1, 0.15) is 5.75 Å². The van der Waals surface area contributed by atoms with Crippen molar-refractivity contribution >= 4 is 5.91 Å². The molecule has 0 spiro atoms. The van der Waals surface area contributed by atoms with E-state index in [9.17, 15) is 4.79 Å². The van der Waals surface area contributed by atoms with Gasteiger partial charge in [-0.2, -0.15) is 0 Å². The van der Waals surface area contributed by atoms with Gasteiger partial charge in [0.25, 0.3) is 0 Å². The smallest absolute Gasteiger partial charge is 0.237 e. The fourth-order valence-corrected chi connectivity index (χ4v) is 1.72. The SMILES string of the molecule is CC(N)(CCCOc1ccc2c(c1)OCO2)C(N)=O. The summed E-state index contributed by atoms with van der Waals surface area (Å²) in [6, 6.07) is 5.38. The largest absolute Gasteiger partial charge is 0.493 e. The van der Waals surface area contributed by atoms with Crippen molar-refractivity contribution in [2.24, 2.45) is 11.5 Å². The van der Waals surface area contributed by atoms with Crippen LogP contribution in [0.5, 0.6) is 17.2 Å². The van der Waals surface area contributed by atoms with Crippen LogP contribution < -0.4 is 25.7 Å². The first-order chi connectivity index (χ1) is 8.99. The van der Waals surface area contributed by atoms with E-state index in [4.69, 9.17) is 25.7 Å². The Morgan fingerprint density at radius 1 is 1.42 bits per heavy atom. The summed E-state index contributed by atoms with van der Waals surface area (Å²) >= 11 is 0. The van der Waals surface area contributed by atoms with Gasteiger partial charge in [0.05, 0.1) is 12.1 Å². The van der Waals surface area contributed by atoms with Crippen molar-refractivity contribution < 1.29 is 19.0 Å². The van der Waals surface area contributed by atoms with Crippen molar-refractivity contribution in [1.82, 2.24) is 0 Å². The predicted octanol–water partition coefficient (Wildman–Crippen LogP) is 0.777. The zero-order valence-electron chi connectivity index (χ0n) is 10.8. The van der Waals surface area contributed by atoms with Crippen molar-refractivity contribution in [3.8, 4) is 17.2 Å². The first kappa shape index (κ1) is 13.5. The van der Waals surface area contributed by atoms with Crippen LogP contribution in [0.4, 0.5) is 0 Å². The Kier molecular flexibility index (Phi) is 3.80. The van der Waals surface area contributed by atoms with Crippen LogP contribution in [0.15, 0.2) is 18.2 Å². The highest BCUT2D eigenvalue weighted by molar-refractivity contribution is 5.83. The Balaban J connectivity index is 1.79. The highest BCUT2D eigenvalue weighted by Crippen LogP contribution is 2.35. The van der Waals surface area contributed by atoms with Gasteiger partial charge in [0.2, 0.25) is 12.7 Å². The highest BCUT2D eigenvalue weighted by Gasteiger charge is 2.24. The summed E-state index contributed by atoms with van der Waals surface area (Å²) in [5.74, 6) is 1.59. The van der Waals surface area contributed by atoms with Gasteiger partial charge in [-0.1, -0.05) is 0 Å². The van der Waals surface area contributed by atoms with Gasteiger partial charge in [-0.05, 0) is 31.9 Å². The van der Waals surface area contributed by atoms with Crippen LogP contribution >= 0.6 is 0 Å². The van der Waals surface area contributed by atoms with Crippen molar-refractivity contribution in [3.05, 3.63) is 18.2 Å². The van der Waals surface area contributed by atoms with Gasteiger partial charge in [-0.15, -0.1) is 0 Å². The second-order valence-electron chi connectivity index (χ2n) is 4.75. The maximum atomic E-state index is 11.0. The molecule has 0 radical (unpaired) electrons. The number of rotatable bonds is 6. The zero-order chi connectivity index (χ0) is 13.9. The van der Waals surface area contributed by atoms with Crippen LogP contribution in [0.2, 0.25) is 0 Å². The van der Waals surface area contributed by atoms with Gasteiger partial charge < -0.3 is 25.7 Å². The van der Waals surface area contributed by atoms with E-state index < -0.39 is 11.4 Å². The molecule has 1 heterocycles. The molecule has 1 aromatic carbocycles. The van der Waals surface area contributed by atoms with Gasteiger partial charge >= 0.3 is 0 Å². The van der Waals surface area contributed by atoms with Crippen LogP contribution in [-0.2, 0) is 4.79 Å². The number of carbonyl (C=O) groups excluding carboxylic acids is 1. The minimum absolute atomic E-state index is 0.239. The monoisotopic (exact) mass is 266 g/mol. The quantitative estimate of drug-likeness (QED) is 0.741. The van der Waals surface area contributed by atoms with Gasteiger partial charge in [0, 0.05) is 6.07 Å². The third kappa shape index (κ3) is 3.29. The topological polar surface area (TPSA) is 96.8 Å². The molecule has 1 aromatic rings. The molecule has 4 N–H and O–H groups in total. The van der Waals surface area contributed by atoms with Gasteiger partial charge in [-0.25, -0.2) is 0 Å². The standard InChI is InChI=1S/C13H18N2O4/c1-13(15,12(14)16)5-2-6-17-9-3-4-10-11(7-9)19-8-18-10/h3-4,7H,2,5-6,8,15H2,1H3,(H2,14,16). The molecule has 19 heavy (non-hydrogen) atoms. The molecule has 104 valence electrons. The Morgan fingerprint density at radius 2 is 2.16 bits per heavy atom. The first-order valence-electron chi connectivity index (χ1n) is 6.10. The Morgan fingerprint density at radius 3 is 2.89 bits per heavy atom. The minimum atomic E-state index is -0.988. The fraction of sp³-hybridized carbons (Fsp3) is 0.462. The lowest BCUT2D eigenvalue weighted by atomic mass is 9.97. The third-order valence-electron chi connectivity index (χ3n) is 3.02. The summed E-state index contributed by atoms with van der Waals surface area (Å²) in [4.78, 5) is 11.0. The molecule has 0 saturated carbocycles. The number of hydrogen-bond acceptors (Lipinski definition) is 5. The number of benzene rings is 1. The van der Waals surface area contributed by atoms with Crippen LogP contribution in [0, 0.1) is 0 Å². The molecule has 0 saturated heterocycles. The van der Waals surface area contributed by atoms with Gasteiger partial charge in [0.15, 0.2) is 11.5 Å². The minimum Gasteiger partial charge on any atom is -0.493 e. The number of ether oxygens (including phenoxy) is 3. The van der Waals surface area contributed by atoms with E-state index in [-0.39, 0.29) is 6.79 Å². The summed E-state index contributed by atoms with van der Waals surface area (Å²) in [6.07, 6.45) is 1.12. The molecule has 1 unspecified atom stereocenters. The summed E-state index contributed by atoms with van der Waals surface area (Å²) in [6.45, 7) is 2.32. The third-order valence-corrected chi connectivity index (χ3v) is 3.02. The molecular weight excluding hydrogens is 248 g/mol. The number of primary amides is 1. The number of hydrogen-bond donors (Lipinski definition) is 2. The average molecular weight is 266 g/mol. The van der Waals surface area contributed by atoms with E-state index in [1.54, 1.807) is 19.1 Å². The molecule has 1 atom stereocenters. The molecule has 1 aliphatic rings. The second-order valence-corrected chi connectivity index (χ2v) is 4.75. The molecule has 2 rings (SSSR count). The van der Waals surface area contributed by atoms with Crippen LogP contribution in [0.1, 0.15) is 19.8 Å². The number of amides is 1. The average Bonchev–Trinajstić information content (AvgIpc) is 2.81. The first-order valence-corrected chi connectivity index (χ1v) is 6.10. The maximum absolute atomic E-state index is 11.0. The van der Waals surface area contributed by atoms with Crippen LogP contribution in [-0.4, -0.2) is 24.8 Å². The predicted molar refractivity (Wildman–Crippen MR) is 69.1 cm³/mol. The summed E-state index contributed by atoms with van der Waals surface area (Å²) in [5.41, 5.74) is 9.95. The van der Waals surface area contributed by atoms with Crippen molar-refractivity contribution in [1.29, 1.82) is 0 Å². The van der Waals surface area contributed by atoms with Crippen molar-refractivity contribution in [3.63, 3.8) is 0 Å². The van der Waals surface area contributed by atoms with E-state index in [0.29, 0.717) is 30.9 Å². The van der Waals surface area contributed by atoms with E-state index in [0.717, 1.165) is 5.75 Å². The molecule has 1 aliphatic heterocycles. The second kappa shape index (κ2) is 5.36. The van der Waals surface area contributed by atoms with Crippen molar-refractivity contribution in [2.45, 2.75) is 25.3 Å². The van der Waals surface area contributed by atoms with Crippen LogP contribution in [0.25, 0.3) is 0 Å². The van der Waals surface area contributed by atoms with E-state index >= 15 is 0 Å². The molecule has 0 aliphatic carbocycles. The summed E-state index contributed by atoms with van der Waals surface area (Å²) in [7, 11) is 0. The van der Waals surface area contributed by atoms with E-state index in [1.807, 2.05) is 6.07 Å². The number of fused-ring (bicyclic) bond motifs is 1. The Bertz CT molecular complexity index is 474. The Hall–Kier alpha value is -1.95. The molecule has 6 heteroatoms. The molecular formula is C13H18N2O4. The number of carbonyl (C=O) groups is 1. The van der Waals surface area contributed by atoms with Crippen molar-refractivity contribution in [2.75, 3.05) is 13.4 Å². The lowest BCUT2D eigenvalue weighted by Crippen LogP contribution is -2.49. The molecule has 0 bridgehead atoms. The summed E-state index contributed by atoms with van der Waals surface area (Å²) < 4.78 is 16.0. The Labute approximate surface area is 111 Å². The fourth-order valence-electron chi connectivity index (χ4n) is 1.72. The maximum Gasteiger partial charge on any atom is 0.237 e. The summed E-state index contributed by atoms with van der Waals surface area (Å²) in [5, 5.41) is 0. The van der Waals surface area contributed by atoms with E-state index in [2.05, 4.69) is 0 Å². The molecule has 0 fully saturated rings. The number of nitrogens with two attached hydrogens (primary N) is 2. The molecule has 0 aromatic heterocycles. The van der Waals surface area contributed by atoms with E-state index in [1.165, 1.54) is 0 Å². The van der Waals surface area contributed by atoms with Crippen LogP contribution in [0.3, 0.4) is 0 Å². The van der Waals surface area contributed by atoms with Gasteiger partial charge in [-0.3, -0.25) is 4.79 Å². The lowest BCUT2D eigenvalue weighted by Gasteiger charge is -2.20. The lowest BCUT2D eigenvalue weighted by molar-refractivity contribution is -0.122. The normalized spacial score (nSPS) is 15.9. The highest BCUT2D eigenvalue weighted by atomic mass is 16.7. The zero-order valence-corrected chi connectivity index (χ0v) is 10.8.